The highest BCUT2D eigenvalue weighted by Crippen LogP contribution is 2.26. The predicted octanol–water partition coefficient (Wildman–Crippen LogP) is 2.75. The minimum absolute atomic E-state index is 0.0297. The lowest BCUT2D eigenvalue weighted by molar-refractivity contribution is 0.0658. The maximum absolute atomic E-state index is 12.8. The molecule has 3 rings (SSSR count). The minimum atomic E-state index is -0.233. The Kier molecular flexibility index (Phi) is 6.97. The Morgan fingerprint density at radius 1 is 1.21 bits per heavy atom. The van der Waals surface area contributed by atoms with E-state index in [0.29, 0.717) is 17.2 Å². The minimum Gasteiger partial charge on any atom is -0.343 e. The molecule has 1 N–H and O–H groups in total. The van der Waals surface area contributed by atoms with Crippen molar-refractivity contribution < 1.29 is 9.59 Å². The first-order chi connectivity index (χ1) is 13.8. The van der Waals surface area contributed by atoms with E-state index in [0.717, 1.165) is 43.3 Å². The number of hydrogen-bond donors (Lipinski definition) is 1. The number of thiazole rings is 1. The quantitative estimate of drug-likeness (QED) is 0.785. The summed E-state index contributed by atoms with van der Waals surface area (Å²) < 4.78 is 0. The Morgan fingerprint density at radius 3 is 2.55 bits per heavy atom. The van der Waals surface area contributed by atoms with Crippen LogP contribution in [0.5, 0.6) is 0 Å². The topological polar surface area (TPSA) is 78.4 Å². The number of likely N-dealkylation sites (N-methyl/N-ethyl adjacent to an activating group) is 1. The van der Waals surface area contributed by atoms with Crippen LogP contribution in [0.4, 0.5) is 0 Å². The van der Waals surface area contributed by atoms with Crippen LogP contribution in [0.2, 0.25) is 0 Å². The number of piperazine rings is 1. The van der Waals surface area contributed by atoms with Crippen LogP contribution in [-0.2, 0) is 0 Å². The summed E-state index contributed by atoms with van der Waals surface area (Å²) >= 11 is 1.43. The molecule has 156 valence electrons. The van der Waals surface area contributed by atoms with E-state index in [1.807, 2.05) is 23.3 Å². The van der Waals surface area contributed by atoms with Crippen molar-refractivity contribution in [3.8, 4) is 0 Å². The summed E-state index contributed by atoms with van der Waals surface area (Å²) in [6.45, 7) is 9.28. The van der Waals surface area contributed by atoms with Crippen molar-refractivity contribution in [1.29, 1.82) is 0 Å². The van der Waals surface area contributed by atoms with Gasteiger partial charge in [-0.3, -0.25) is 14.6 Å². The van der Waals surface area contributed by atoms with E-state index in [2.05, 4.69) is 41.1 Å². The molecule has 0 bridgehead atoms. The van der Waals surface area contributed by atoms with Gasteiger partial charge in [-0.15, -0.1) is 11.3 Å². The molecule has 29 heavy (non-hydrogen) atoms. The maximum Gasteiger partial charge on any atom is 0.273 e. The number of carbonyl (C=O) groups is 2. The zero-order valence-electron chi connectivity index (χ0n) is 17.5. The molecule has 1 fully saturated rings. The monoisotopic (exact) mass is 415 g/mol. The summed E-state index contributed by atoms with van der Waals surface area (Å²) in [7, 11) is 2.06. The van der Waals surface area contributed by atoms with Gasteiger partial charge >= 0.3 is 0 Å². The van der Waals surface area contributed by atoms with Crippen molar-refractivity contribution >= 4 is 23.2 Å². The third-order valence-corrected chi connectivity index (χ3v) is 5.97. The van der Waals surface area contributed by atoms with Crippen LogP contribution in [0.15, 0.2) is 23.7 Å². The Morgan fingerprint density at radius 2 is 1.93 bits per heavy atom. The van der Waals surface area contributed by atoms with E-state index < -0.39 is 0 Å². The lowest BCUT2D eigenvalue weighted by Gasteiger charge is -2.31. The first kappa shape index (κ1) is 21.4. The van der Waals surface area contributed by atoms with Gasteiger partial charge in [0, 0.05) is 43.4 Å². The molecule has 0 aliphatic carbocycles. The van der Waals surface area contributed by atoms with Gasteiger partial charge in [-0.2, -0.15) is 0 Å². The molecular formula is C21H29N5O2S. The Hall–Kier alpha value is -2.32. The van der Waals surface area contributed by atoms with Crippen molar-refractivity contribution in [2.75, 3.05) is 33.2 Å². The molecule has 2 aromatic rings. The van der Waals surface area contributed by atoms with E-state index in [1.54, 1.807) is 12.3 Å². The molecule has 8 heteroatoms. The van der Waals surface area contributed by atoms with Crippen molar-refractivity contribution in [2.45, 2.75) is 33.2 Å². The number of carbonyl (C=O) groups excluding carboxylic acids is 2. The van der Waals surface area contributed by atoms with Gasteiger partial charge in [0.25, 0.3) is 11.8 Å². The smallest absolute Gasteiger partial charge is 0.273 e. The number of hydrogen-bond acceptors (Lipinski definition) is 6. The zero-order valence-corrected chi connectivity index (χ0v) is 18.3. The van der Waals surface area contributed by atoms with Crippen LogP contribution in [0.25, 0.3) is 0 Å². The first-order valence-corrected chi connectivity index (χ1v) is 10.9. The van der Waals surface area contributed by atoms with Crippen LogP contribution in [0.3, 0.4) is 0 Å². The molecule has 0 spiro atoms. The molecule has 2 amide bonds. The first-order valence-electron chi connectivity index (χ1n) is 10.00. The van der Waals surface area contributed by atoms with Crippen LogP contribution in [-0.4, -0.2) is 64.8 Å². The van der Waals surface area contributed by atoms with Crippen LogP contribution >= 0.6 is 11.3 Å². The Bertz CT molecular complexity index is 841. The summed E-state index contributed by atoms with van der Waals surface area (Å²) in [5.74, 6) is 0.167. The lowest BCUT2D eigenvalue weighted by atomic mass is 10.0. The molecule has 1 saturated heterocycles. The van der Waals surface area contributed by atoms with Gasteiger partial charge in [0.05, 0.1) is 11.6 Å². The molecule has 0 unspecified atom stereocenters. The molecule has 0 aromatic carbocycles. The molecule has 1 aliphatic rings. The van der Waals surface area contributed by atoms with E-state index in [-0.39, 0.29) is 17.9 Å². The SMILES string of the molecule is Cc1ccc(C(=O)N[C@@H](CC(C)C)c2nc(C(=O)N3CCN(C)CC3)cs2)cn1. The number of amides is 2. The van der Waals surface area contributed by atoms with Gasteiger partial charge in [0.1, 0.15) is 10.7 Å². The summed E-state index contributed by atoms with van der Waals surface area (Å²) in [4.78, 5) is 38.3. The molecule has 1 aliphatic heterocycles. The van der Waals surface area contributed by atoms with Crippen molar-refractivity contribution in [2.24, 2.45) is 5.92 Å². The van der Waals surface area contributed by atoms with E-state index >= 15 is 0 Å². The van der Waals surface area contributed by atoms with Crippen LogP contribution < -0.4 is 5.32 Å². The van der Waals surface area contributed by atoms with Gasteiger partial charge < -0.3 is 15.1 Å². The Labute approximate surface area is 176 Å². The van der Waals surface area contributed by atoms with Gasteiger partial charge in [-0.05, 0) is 38.4 Å². The highest BCUT2D eigenvalue weighted by molar-refractivity contribution is 7.09. The molecule has 2 aromatic heterocycles. The summed E-state index contributed by atoms with van der Waals surface area (Å²) in [5.41, 5.74) is 1.86. The van der Waals surface area contributed by atoms with Gasteiger partial charge in [0.15, 0.2) is 0 Å². The second-order valence-electron chi connectivity index (χ2n) is 8.01. The molecule has 3 heterocycles. The highest BCUT2D eigenvalue weighted by Gasteiger charge is 2.25. The second kappa shape index (κ2) is 9.45. The van der Waals surface area contributed by atoms with Crippen molar-refractivity contribution in [1.82, 2.24) is 25.1 Å². The third kappa shape index (κ3) is 5.61. The van der Waals surface area contributed by atoms with E-state index in [4.69, 9.17) is 0 Å². The number of aryl methyl sites for hydroxylation is 1. The average molecular weight is 416 g/mol. The highest BCUT2D eigenvalue weighted by atomic mass is 32.1. The molecule has 1 atom stereocenters. The fraction of sp³-hybridized carbons (Fsp3) is 0.524. The zero-order chi connectivity index (χ0) is 21.0. The molecule has 0 saturated carbocycles. The number of aromatic nitrogens is 2. The van der Waals surface area contributed by atoms with E-state index in [1.165, 1.54) is 11.3 Å². The van der Waals surface area contributed by atoms with Crippen LogP contribution in [0.1, 0.15) is 57.9 Å². The van der Waals surface area contributed by atoms with Crippen molar-refractivity contribution in [3.05, 3.63) is 45.7 Å². The normalized spacial score (nSPS) is 16.1. The maximum atomic E-state index is 12.8. The second-order valence-corrected chi connectivity index (χ2v) is 8.90. The van der Waals surface area contributed by atoms with Crippen molar-refractivity contribution in [3.63, 3.8) is 0 Å². The predicted molar refractivity (Wildman–Crippen MR) is 114 cm³/mol. The van der Waals surface area contributed by atoms with Gasteiger partial charge in [-0.1, -0.05) is 13.8 Å². The van der Waals surface area contributed by atoms with Crippen LogP contribution in [0, 0.1) is 12.8 Å². The molecular weight excluding hydrogens is 386 g/mol. The fourth-order valence-corrected chi connectivity index (χ4v) is 4.11. The van der Waals surface area contributed by atoms with E-state index in [9.17, 15) is 9.59 Å². The molecule has 0 radical (unpaired) electrons. The largest absolute Gasteiger partial charge is 0.343 e. The standard InChI is InChI=1S/C21H29N5O2S/c1-14(2)11-17(23-19(27)16-6-5-15(3)22-12-16)20-24-18(13-29-20)21(28)26-9-7-25(4)8-10-26/h5-6,12-14,17H,7-11H2,1-4H3,(H,23,27)/t17-/m0/s1. The number of rotatable bonds is 6. The van der Waals surface area contributed by atoms with Gasteiger partial charge in [0.2, 0.25) is 0 Å². The average Bonchev–Trinajstić information content (AvgIpc) is 3.18. The number of nitrogens with zero attached hydrogens (tertiary/aromatic N) is 4. The summed E-state index contributed by atoms with van der Waals surface area (Å²) in [6, 6.07) is 3.36. The fourth-order valence-electron chi connectivity index (χ4n) is 3.25. The number of nitrogens with one attached hydrogen (secondary N) is 1. The third-order valence-electron chi connectivity index (χ3n) is 5.02. The van der Waals surface area contributed by atoms with Gasteiger partial charge in [-0.25, -0.2) is 4.98 Å². The Balaban J connectivity index is 1.72. The molecule has 7 nitrogen and oxygen atoms in total. The summed E-state index contributed by atoms with van der Waals surface area (Å²) in [5, 5.41) is 5.65. The summed E-state index contributed by atoms with van der Waals surface area (Å²) in [6.07, 6.45) is 2.34. The number of pyridine rings is 1. The lowest BCUT2D eigenvalue weighted by Crippen LogP contribution is -2.47.